The molecule has 2 aromatic rings. The van der Waals surface area contributed by atoms with E-state index >= 15 is 0 Å². The van der Waals surface area contributed by atoms with Crippen LogP contribution >= 0.6 is 12.4 Å². The summed E-state index contributed by atoms with van der Waals surface area (Å²) in [6.45, 7) is 4.89. The molecule has 1 aliphatic heterocycles. The highest BCUT2D eigenvalue weighted by molar-refractivity contribution is 5.93. The minimum atomic E-state index is -0.183. The van der Waals surface area contributed by atoms with Crippen molar-refractivity contribution in [1.29, 1.82) is 0 Å². The number of ether oxygens (including phenoxy) is 2. The van der Waals surface area contributed by atoms with E-state index in [1.54, 1.807) is 7.11 Å². The SMILES string of the molecule is COc1ccc(OCCCNC(=O)c2nnn(C3CCNCC3)c2C)cc1.Cl. The number of piperidine rings is 1. The summed E-state index contributed by atoms with van der Waals surface area (Å²) < 4.78 is 12.7. The molecular formula is C19H28ClN5O3. The molecule has 28 heavy (non-hydrogen) atoms. The Labute approximate surface area is 171 Å². The first-order valence-electron chi connectivity index (χ1n) is 9.36. The van der Waals surface area contributed by atoms with Gasteiger partial charge in [-0.2, -0.15) is 0 Å². The Hall–Kier alpha value is -2.32. The van der Waals surface area contributed by atoms with E-state index in [1.807, 2.05) is 35.9 Å². The predicted octanol–water partition coefficient (Wildman–Crippen LogP) is 2.14. The number of nitrogens with zero attached hydrogens (tertiary/aromatic N) is 3. The van der Waals surface area contributed by atoms with Crippen molar-refractivity contribution in [2.24, 2.45) is 0 Å². The van der Waals surface area contributed by atoms with Crippen LogP contribution in [0.2, 0.25) is 0 Å². The van der Waals surface area contributed by atoms with Crippen LogP contribution in [-0.4, -0.2) is 54.3 Å². The van der Waals surface area contributed by atoms with Crippen LogP contribution in [0.1, 0.15) is 41.5 Å². The molecule has 0 spiro atoms. The summed E-state index contributed by atoms with van der Waals surface area (Å²) in [6, 6.07) is 7.75. The van der Waals surface area contributed by atoms with Gasteiger partial charge < -0.3 is 20.1 Å². The molecule has 0 unspecified atom stereocenters. The molecule has 0 saturated carbocycles. The van der Waals surface area contributed by atoms with E-state index in [-0.39, 0.29) is 18.3 Å². The minimum Gasteiger partial charge on any atom is -0.497 e. The highest BCUT2D eigenvalue weighted by atomic mass is 35.5. The lowest BCUT2D eigenvalue weighted by atomic mass is 10.1. The van der Waals surface area contributed by atoms with Gasteiger partial charge in [0.25, 0.3) is 5.91 Å². The molecule has 1 aromatic heterocycles. The van der Waals surface area contributed by atoms with E-state index in [0.29, 0.717) is 31.3 Å². The normalized spacial score (nSPS) is 14.2. The summed E-state index contributed by atoms with van der Waals surface area (Å²) in [5.74, 6) is 1.39. The first kappa shape index (κ1) is 22.0. The fourth-order valence-electron chi connectivity index (χ4n) is 3.17. The van der Waals surface area contributed by atoms with Gasteiger partial charge in [0, 0.05) is 6.54 Å². The lowest BCUT2D eigenvalue weighted by Crippen LogP contribution is -2.30. The summed E-state index contributed by atoms with van der Waals surface area (Å²) >= 11 is 0. The van der Waals surface area contributed by atoms with Crippen LogP contribution in [0.3, 0.4) is 0 Å². The van der Waals surface area contributed by atoms with Gasteiger partial charge in [-0.3, -0.25) is 4.79 Å². The average Bonchev–Trinajstić information content (AvgIpc) is 3.10. The number of halogens is 1. The summed E-state index contributed by atoms with van der Waals surface area (Å²) in [4.78, 5) is 12.4. The number of aromatic nitrogens is 3. The number of methoxy groups -OCH3 is 1. The molecule has 1 saturated heterocycles. The summed E-state index contributed by atoms with van der Waals surface area (Å²) in [5, 5.41) is 14.5. The molecule has 8 nitrogen and oxygen atoms in total. The van der Waals surface area contributed by atoms with Gasteiger partial charge in [0.15, 0.2) is 5.69 Å². The molecule has 9 heteroatoms. The van der Waals surface area contributed by atoms with Crippen molar-refractivity contribution >= 4 is 18.3 Å². The van der Waals surface area contributed by atoms with Crippen molar-refractivity contribution in [2.45, 2.75) is 32.2 Å². The van der Waals surface area contributed by atoms with E-state index in [4.69, 9.17) is 9.47 Å². The Balaban J connectivity index is 0.00000280. The van der Waals surface area contributed by atoms with Crippen molar-refractivity contribution in [3.63, 3.8) is 0 Å². The molecular weight excluding hydrogens is 382 g/mol. The Morgan fingerprint density at radius 3 is 2.61 bits per heavy atom. The third kappa shape index (κ3) is 5.59. The van der Waals surface area contributed by atoms with Gasteiger partial charge in [-0.25, -0.2) is 4.68 Å². The zero-order valence-electron chi connectivity index (χ0n) is 16.3. The highest BCUT2D eigenvalue weighted by Gasteiger charge is 2.22. The maximum Gasteiger partial charge on any atom is 0.273 e. The van der Waals surface area contributed by atoms with Crippen molar-refractivity contribution in [1.82, 2.24) is 25.6 Å². The van der Waals surface area contributed by atoms with Crippen LogP contribution in [0, 0.1) is 6.92 Å². The van der Waals surface area contributed by atoms with Crippen molar-refractivity contribution in [3.8, 4) is 11.5 Å². The zero-order chi connectivity index (χ0) is 19.1. The number of rotatable bonds is 8. The topological polar surface area (TPSA) is 90.3 Å². The molecule has 0 aliphatic carbocycles. The van der Waals surface area contributed by atoms with Crippen LogP contribution in [-0.2, 0) is 0 Å². The first-order valence-corrected chi connectivity index (χ1v) is 9.36. The molecule has 0 bridgehead atoms. The molecule has 2 N–H and O–H groups in total. The van der Waals surface area contributed by atoms with Crippen molar-refractivity contribution in [3.05, 3.63) is 35.7 Å². The van der Waals surface area contributed by atoms with Crippen molar-refractivity contribution < 1.29 is 14.3 Å². The van der Waals surface area contributed by atoms with Crippen LogP contribution in [0.5, 0.6) is 11.5 Å². The second kappa shape index (κ2) is 10.9. The molecule has 1 aliphatic rings. The zero-order valence-corrected chi connectivity index (χ0v) is 17.1. The molecule has 2 heterocycles. The van der Waals surface area contributed by atoms with Gasteiger partial charge in [-0.15, -0.1) is 17.5 Å². The van der Waals surface area contributed by atoms with Gasteiger partial charge in [0.1, 0.15) is 11.5 Å². The van der Waals surface area contributed by atoms with E-state index < -0.39 is 0 Å². The van der Waals surface area contributed by atoms with Gasteiger partial charge in [0.05, 0.1) is 25.5 Å². The fraction of sp³-hybridized carbons (Fsp3) is 0.526. The maximum absolute atomic E-state index is 12.4. The van der Waals surface area contributed by atoms with Crippen LogP contribution in [0.4, 0.5) is 0 Å². The molecule has 1 amide bonds. The van der Waals surface area contributed by atoms with Gasteiger partial charge >= 0.3 is 0 Å². The molecule has 0 atom stereocenters. The molecule has 1 fully saturated rings. The van der Waals surface area contributed by atoms with E-state index in [2.05, 4.69) is 20.9 Å². The number of hydrogen-bond donors (Lipinski definition) is 2. The number of amides is 1. The maximum atomic E-state index is 12.4. The molecule has 154 valence electrons. The highest BCUT2D eigenvalue weighted by Crippen LogP contribution is 2.20. The van der Waals surface area contributed by atoms with Gasteiger partial charge in [-0.1, -0.05) is 5.21 Å². The van der Waals surface area contributed by atoms with Gasteiger partial charge in [-0.05, 0) is 63.5 Å². The quantitative estimate of drug-likeness (QED) is 0.649. The van der Waals surface area contributed by atoms with Crippen LogP contribution in [0.25, 0.3) is 0 Å². The summed E-state index contributed by atoms with van der Waals surface area (Å²) in [5.41, 5.74) is 1.23. The smallest absolute Gasteiger partial charge is 0.273 e. The monoisotopic (exact) mass is 409 g/mol. The fourth-order valence-corrected chi connectivity index (χ4v) is 3.17. The second-order valence-corrected chi connectivity index (χ2v) is 6.58. The minimum absolute atomic E-state index is 0. The average molecular weight is 410 g/mol. The van der Waals surface area contributed by atoms with E-state index in [1.165, 1.54) is 0 Å². The Morgan fingerprint density at radius 2 is 1.93 bits per heavy atom. The molecule has 0 radical (unpaired) electrons. The van der Waals surface area contributed by atoms with E-state index in [0.717, 1.165) is 43.1 Å². The Kier molecular flexibility index (Phi) is 8.53. The number of nitrogens with one attached hydrogen (secondary N) is 2. The Morgan fingerprint density at radius 1 is 1.25 bits per heavy atom. The third-order valence-electron chi connectivity index (χ3n) is 4.73. The summed E-state index contributed by atoms with van der Waals surface area (Å²) in [7, 11) is 1.63. The second-order valence-electron chi connectivity index (χ2n) is 6.58. The molecule has 3 rings (SSSR count). The Bertz CT molecular complexity index is 745. The van der Waals surface area contributed by atoms with Gasteiger partial charge in [0.2, 0.25) is 0 Å². The first-order chi connectivity index (χ1) is 13.2. The van der Waals surface area contributed by atoms with E-state index in [9.17, 15) is 4.79 Å². The largest absolute Gasteiger partial charge is 0.497 e. The number of benzene rings is 1. The summed E-state index contributed by atoms with van der Waals surface area (Å²) in [6.07, 6.45) is 2.72. The third-order valence-corrected chi connectivity index (χ3v) is 4.73. The van der Waals surface area contributed by atoms with Crippen LogP contribution in [0.15, 0.2) is 24.3 Å². The van der Waals surface area contributed by atoms with Crippen molar-refractivity contribution in [2.75, 3.05) is 33.4 Å². The lowest BCUT2D eigenvalue weighted by Gasteiger charge is -2.23. The number of carbonyl (C=O) groups excluding carboxylic acids is 1. The number of hydrogen-bond acceptors (Lipinski definition) is 6. The predicted molar refractivity (Wildman–Crippen MR) is 109 cm³/mol. The van der Waals surface area contributed by atoms with Crippen LogP contribution < -0.4 is 20.1 Å². The standard InChI is InChI=1S/C19H27N5O3.ClH/c1-14-18(22-23-24(14)15-8-11-20-12-9-15)19(25)21-10-3-13-27-17-6-4-16(26-2)5-7-17;/h4-7,15,20H,3,8-13H2,1-2H3,(H,21,25);1H. The molecule has 1 aromatic carbocycles. The number of carbonyl (C=O) groups is 1. The lowest BCUT2D eigenvalue weighted by molar-refractivity contribution is 0.0945.